The smallest absolute Gasteiger partial charge is 0.0561 e. The van der Waals surface area contributed by atoms with Gasteiger partial charge in [0.25, 0.3) is 0 Å². The second-order valence-electron chi connectivity index (χ2n) is 35.0. The fourth-order valence-electron chi connectivity index (χ4n) is 19.6. The van der Waals surface area contributed by atoms with Crippen molar-refractivity contribution in [3.8, 4) is 67.0 Å². The normalized spacial score (nSPS) is 15.5. The summed E-state index contributed by atoms with van der Waals surface area (Å²) in [6.07, 6.45) is 4.60. The summed E-state index contributed by atoms with van der Waals surface area (Å²) in [5.41, 5.74) is 34.1. The van der Waals surface area contributed by atoms with E-state index in [0.29, 0.717) is 0 Å². The van der Waals surface area contributed by atoms with Crippen LogP contribution < -0.4 is 9.80 Å². The minimum Gasteiger partial charge on any atom is -0.310 e. The monoisotopic (exact) mass is 1430 g/mol. The zero-order valence-corrected chi connectivity index (χ0v) is 65.3. The molecule has 0 atom stereocenters. The van der Waals surface area contributed by atoms with Crippen LogP contribution in [-0.2, 0) is 27.1 Å². The maximum Gasteiger partial charge on any atom is 0.0561 e. The van der Waals surface area contributed by atoms with Crippen LogP contribution in [0.25, 0.3) is 121 Å². The highest BCUT2D eigenvalue weighted by atomic mass is 15.2. The molecule has 20 rings (SSSR count). The first-order valence-electron chi connectivity index (χ1n) is 40.0. The van der Waals surface area contributed by atoms with Crippen LogP contribution in [0.1, 0.15) is 128 Å². The lowest BCUT2D eigenvalue weighted by Gasteiger charge is -2.42. The van der Waals surface area contributed by atoms with Crippen molar-refractivity contribution in [1.82, 2.24) is 9.13 Å². The van der Waals surface area contributed by atoms with E-state index in [1.54, 1.807) is 0 Å². The number of aromatic nitrogens is 2. The molecule has 4 heteroatoms. The van der Waals surface area contributed by atoms with Gasteiger partial charge in [-0.25, -0.2) is 0 Å². The summed E-state index contributed by atoms with van der Waals surface area (Å²) < 4.78 is 5.12. The highest BCUT2D eigenvalue weighted by Crippen LogP contribution is 2.57. The Hall–Kier alpha value is -12.2. The number of hydrogen-bond acceptors (Lipinski definition) is 2. The van der Waals surface area contributed by atoms with Gasteiger partial charge in [-0.2, -0.15) is 0 Å². The molecule has 2 aromatic heterocycles. The van der Waals surface area contributed by atoms with Crippen LogP contribution in [0, 0.1) is 0 Å². The molecule has 3 aliphatic rings. The van der Waals surface area contributed by atoms with Gasteiger partial charge < -0.3 is 18.9 Å². The third-order valence-electron chi connectivity index (χ3n) is 26.0. The van der Waals surface area contributed by atoms with Crippen molar-refractivity contribution in [1.29, 1.82) is 0 Å². The summed E-state index contributed by atoms with van der Waals surface area (Å²) in [5, 5.41) is 7.32. The largest absolute Gasteiger partial charge is 0.310 e. The molecule has 0 spiro atoms. The number of hydrogen-bond donors (Lipinski definition) is 0. The highest BCUT2D eigenvalue weighted by molar-refractivity contribution is 6.13. The zero-order chi connectivity index (χ0) is 75.5. The Labute approximate surface area is 653 Å². The summed E-state index contributed by atoms with van der Waals surface area (Å²) in [5.74, 6) is 0. The van der Waals surface area contributed by atoms with E-state index in [2.05, 4.69) is 416 Å². The molecule has 111 heavy (non-hydrogen) atoms. The van der Waals surface area contributed by atoms with Gasteiger partial charge in [0, 0.05) is 72.2 Å². The number of nitrogens with zero attached hydrogens (tertiary/aromatic N) is 4. The Morgan fingerprint density at radius 1 is 0.234 bits per heavy atom. The summed E-state index contributed by atoms with van der Waals surface area (Å²) >= 11 is 0. The molecule has 0 N–H and O–H groups in total. The van der Waals surface area contributed by atoms with Gasteiger partial charge in [0.15, 0.2) is 0 Å². The second kappa shape index (κ2) is 25.4. The molecule has 540 valence electrons. The average molecular weight is 1430 g/mol. The molecule has 0 amide bonds. The fourth-order valence-corrected chi connectivity index (χ4v) is 19.6. The van der Waals surface area contributed by atoms with E-state index < -0.39 is 0 Å². The molecule has 0 fully saturated rings. The molecular formula is C107H92N4. The number of para-hydroxylation sites is 2. The molecular weight excluding hydrogens is 1340 g/mol. The Morgan fingerprint density at radius 2 is 0.658 bits per heavy atom. The number of fused-ring (bicyclic) bond motifs is 12. The zero-order valence-electron chi connectivity index (χ0n) is 65.3. The second-order valence-corrected chi connectivity index (χ2v) is 35.0. The Kier molecular flexibility index (Phi) is 15.6. The van der Waals surface area contributed by atoms with Gasteiger partial charge in [-0.05, 0) is 245 Å². The first-order valence-corrected chi connectivity index (χ1v) is 40.0. The molecule has 2 heterocycles. The molecule has 0 radical (unpaired) electrons. The minimum absolute atomic E-state index is 0.00420. The average Bonchev–Trinajstić information content (AvgIpc) is 1.59. The van der Waals surface area contributed by atoms with Crippen molar-refractivity contribution >= 4 is 88.5 Å². The lowest BCUT2D eigenvalue weighted by atomic mass is 9.63. The number of rotatable bonds is 12. The van der Waals surface area contributed by atoms with Gasteiger partial charge in [-0.15, -0.1) is 0 Å². The maximum absolute atomic E-state index is 2.58. The summed E-state index contributed by atoms with van der Waals surface area (Å²) in [7, 11) is 0. The molecule has 0 unspecified atom stereocenters. The van der Waals surface area contributed by atoms with E-state index in [9.17, 15) is 0 Å². The van der Waals surface area contributed by atoms with E-state index in [0.717, 1.165) is 81.2 Å². The van der Waals surface area contributed by atoms with Crippen LogP contribution in [0.15, 0.2) is 328 Å². The van der Waals surface area contributed by atoms with Crippen molar-refractivity contribution in [3.63, 3.8) is 0 Å². The van der Waals surface area contributed by atoms with Crippen LogP contribution >= 0.6 is 0 Å². The third-order valence-corrected chi connectivity index (χ3v) is 26.0. The SMILES string of the molecule is CC1(C)CCC(C)(C)c2cc(-n3c4cc(-c5cccc(-c6ccccc6N(c6ccc7c8ccccc8n(-c8ccc9c(c8)C(C)(C)CCC9(C)C)c7c6)c6cccc7c6-c6ccccc6C7(C)C)c5)ccc4c4ccc(N(c5ccc(-c6cccc(-c7ccccc7)c6)cc5)c5ccc6ccccc6c5)cc43)ccc21. The van der Waals surface area contributed by atoms with Crippen molar-refractivity contribution in [2.45, 2.75) is 122 Å². The predicted molar refractivity (Wildman–Crippen MR) is 472 cm³/mol. The van der Waals surface area contributed by atoms with E-state index in [4.69, 9.17) is 0 Å². The molecule has 0 saturated carbocycles. The number of anilines is 6. The first-order chi connectivity index (χ1) is 53.7. The third kappa shape index (κ3) is 11.1. The Balaban J connectivity index is 0.754. The maximum atomic E-state index is 2.58. The van der Waals surface area contributed by atoms with Gasteiger partial charge >= 0.3 is 0 Å². The molecule has 0 bridgehead atoms. The van der Waals surface area contributed by atoms with Crippen molar-refractivity contribution in [2.24, 2.45) is 0 Å². The first kappa shape index (κ1) is 68.1. The van der Waals surface area contributed by atoms with Crippen molar-refractivity contribution in [3.05, 3.63) is 361 Å². The van der Waals surface area contributed by atoms with Crippen molar-refractivity contribution in [2.75, 3.05) is 9.80 Å². The Bertz CT molecular complexity index is 6630. The van der Waals surface area contributed by atoms with E-state index in [1.165, 1.54) is 133 Å². The lowest BCUT2D eigenvalue weighted by Crippen LogP contribution is -2.33. The standard InChI is InChI=1S/C107H92N4/c1-103(2)57-59-105(5,6)94-65-80(50-55-91(94)103)110-97-39-21-18-34-85(97)87-54-49-83(68-100(87)110)109(98-40-24-37-93-102(98)89-35-16-19-36-90(89)107(93,9)10)96-38-20-17-33-84(96)77-32-23-31-74(62-77)76-44-52-86-88-53-48-82(67-101(88)111(99(86)64-76)81-51-56-92-95(66-81)106(7,8)60-58-104(92,3)4)108(79-47-43-70-27-14-15-28-75(70)63-79)78-45-41-71(42-46-78)73-30-22-29-72(61-73)69-25-12-11-13-26-69/h11-56,61-68H,57-60H2,1-10H3. The molecule has 3 aliphatic carbocycles. The molecule has 0 saturated heterocycles. The van der Waals surface area contributed by atoms with E-state index in [-0.39, 0.29) is 27.1 Å². The van der Waals surface area contributed by atoms with Crippen LogP contribution in [0.2, 0.25) is 0 Å². The topological polar surface area (TPSA) is 16.3 Å². The predicted octanol–water partition coefficient (Wildman–Crippen LogP) is 29.6. The lowest BCUT2D eigenvalue weighted by molar-refractivity contribution is 0.332. The summed E-state index contributed by atoms with van der Waals surface area (Å²) in [6.45, 7) is 24.3. The van der Waals surface area contributed by atoms with Gasteiger partial charge in [-0.1, -0.05) is 288 Å². The molecule has 0 aliphatic heterocycles. The highest BCUT2D eigenvalue weighted by Gasteiger charge is 2.41. The van der Waals surface area contributed by atoms with E-state index >= 15 is 0 Å². The quantitative estimate of drug-likeness (QED) is 0.121. The van der Waals surface area contributed by atoms with Gasteiger partial charge in [-0.3, -0.25) is 0 Å². The molecule has 17 aromatic rings. The van der Waals surface area contributed by atoms with Crippen LogP contribution in [0.3, 0.4) is 0 Å². The minimum atomic E-state index is -0.210. The molecule has 4 nitrogen and oxygen atoms in total. The van der Waals surface area contributed by atoms with Gasteiger partial charge in [0.05, 0.1) is 33.4 Å². The van der Waals surface area contributed by atoms with Crippen LogP contribution in [0.5, 0.6) is 0 Å². The molecule has 15 aromatic carbocycles. The summed E-state index contributed by atoms with van der Waals surface area (Å²) in [4.78, 5) is 5.04. The van der Waals surface area contributed by atoms with Crippen molar-refractivity contribution < 1.29 is 0 Å². The van der Waals surface area contributed by atoms with Gasteiger partial charge in [0.2, 0.25) is 0 Å². The summed E-state index contributed by atoms with van der Waals surface area (Å²) in [6, 6.07) is 124. The van der Waals surface area contributed by atoms with Gasteiger partial charge in [0.1, 0.15) is 0 Å². The Morgan fingerprint density at radius 3 is 1.32 bits per heavy atom. The van der Waals surface area contributed by atoms with E-state index in [1.807, 2.05) is 0 Å². The van der Waals surface area contributed by atoms with Crippen LogP contribution in [0.4, 0.5) is 34.1 Å². The van der Waals surface area contributed by atoms with Crippen LogP contribution in [-0.4, -0.2) is 9.13 Å². The fraction of sp³-hybridized carbons (Fsp3) is 0.178. The number of benzene rings is 15.